The standard InChI is InChI=1S/C8H9ClN2O/c1-5(10)8(12)6-2-7(9)4-11-3-6/h2-5H,10H2,1H3. The van der Waals surface area contributed by atoms with Crippen LogP contribution in [0.5, 0.6) is 0 Å². The Morgan fingerprint density at radius 1 is 1.67 bits per heavy atom. The highest BCUT2D eigenvalue weighted by Crippen LogP contribution is 2.09. The van der Waals surface area contributed by atoms with E-state index in [0.29, 0.717) is 10.6 Å². The van der Waals surface area contributed by atoms with Gasteiger partial charge in [-0.25, -0.2) is 0 Å². The minimum absolute atomic E-state index is 0.148. The number of Topliss-reactive ketones (excluding diaryl/α,β-unsaturated/α-hetero) is 1. The van der Waals surface area contributed by atoms with E-state index in [1.807, 2.05) is 0 Å². The summed E-state index contributed by atoms with van der Waals surface area (Å²) in [6.07, 6.45) is 2.93. The van der Waals surface area contributed by atoms with Crippen LogP contribution in [0.15, 0.2) is 18.5 Å². The molecular weight excluding hydrogens is 176 g/mol. The second kappa shape index (κ2) is 3.65. The molecule has 0 fully saturated rings. The molecule has 0 aliphatic carbocycles. The van der Waals surface area contributed by atoms with E-state index in [1.165, 1.54) is 12.4 Å². The maximum atomic E-state index is 11.3. The predicted octanol–water partition coefficient (Wildman–Crippen LogP) is 1.26. The number of aromatic nitrogens is 1. The van der Waals surface area contributed by atoms with Crippen molar-refractivity contribution in [1.29, 1.82) is 0 Å². The smallest absolute Gasteiger partial charge is 0.180 e. The number of halogens is 1. The lowest BCUT2D eigenvalue weighted by Gasteiger charge is -2.02. The number of hydrogen-bond donors (Lipinski definition) is 1. The molecule has 0 radical (unpaired) electrons. The van der Waals surface area contributed by atoms with Gasteiger partial charge in [0, 0.05) is 18.0 Å². The van der Waals surface area contributed by atoms with Crippen molar-refractivity contribution in [1.82, 2.24) is 4.98 Å². The zero-order valence-electron chi connectivity index (χ0n) is 6.62. The molecule has 4 heteroatoms. The topological polar surface area (TPSA) is 56.0 Å². The van der Waals surface area contributed by atoms with Gasteiger partial charge >= 0.3 is 0 Å². The van der Waals surface area contributed by atoms with Crippen molar-refractivity contribution >= 4 is 17.4 Å². The third-order valence-electron chi connectivity index (χ3n) is 1.40. The van der Waals surface area contributed by atoms with Crippen LogP contribution in [0.3, 0.4) is 0 Å². The molecule has 1 heterocycles. The van der Waals surface area contributed by atoms with Gasteiger partial charge in [0.25, 0.3) is 0 Å². The van der Waals surface area contributed by atoms with Crippen molar-refractivity contribution < 1.29 is 4.79 Å². The summed E-state index contributed by atoms with van der Waals surface area (Å²) in [5.74, 6) is -0.148. The van der Waals surface area contributed by atoms with Crippen molar-refractivity contribution in [2.45, 2.75) is 13.0 Å². The lowest BCUT2D eigenvalue weighted by Crippen LogP contribution is -2.26. The molecule has 1 atom stereocenters. The maximum absolute atomic E-state index is 11.3. The number of nitrogens with two attached hydrogens (primary N) is 1. The van der Waals surface area contributed by atoms with Gasteiger partial charge < -0.3 is 5.73 Å². The Hall–Kier alpha value is -0.930. The lowest BCUT2D eigenvalue weighted by atomic mass is 10.1. The Morgan fingerprint density at radius 2 is 2.33 bits per heavy atom. The largest absolute Gasteiger partial charge is 0.321 e. The summed E-state index contributed by atoms with van der Waals surface area (Å²) in [4.78, 5) is 15.1. The molecule has 12 heavy (non-hydrogen) atoms. The van der Waals surface area contributed by atoms with E-state index in [2.05, 4.69) is 4.98 Å². The number of nitrogens with zero attached hydrogens (tertiary/aromatic N) is 1. The minimum Gasteiger partial charge on any atom is -0.321 e. The first kappa shape index (κ1) is 9.16. The summed E-state index contributed by atoms with van der Waals surface area (Å²) in [7, 11) is 0. The maximum Gasteiger partial charge on any atom is 0.180 e. The summed E-state index contributed by atoms with van der Waals surface area (Å²) in [6.45, 7) is 1.63. The lowest BCUT2D eigenvalue weighted by molar-refractivity contribution is 0.0967. The van der Waals surface area contributed by atoms with Crippen LogP contribution in [-0.4, -0.2) is 16.8 Å². The first-order valence-corrected chi connectivity index (χ1v) is 3.89. The quantitative estimate of drug-likeness (QED) is 0.705. The van der Waals surface area contributed by atoms with Gasteiger partial charge in [-0.2, -0.15) is 0 Å². The second-order valence-electron chi connectivity index (χ2n) is 2.54. The molecule has 0 saturated carbocycles. The number of carbonyl (C=O) groups is 1. The minimum atomic E-state index is -0.509. The van der Waals surface area contributed by atoms with E-state index in [0.717, 1.165) is 0 Å². The van der Waals surface area contributed by atoms with Gasteiger partial charge in [-0.1, -0.05) is 11.6 Å². The van der Waals surface area contributed by atoms with E-state index in [1.54, 1.807) is 13.0 Å². The number of ketones is 1. The molecule has 0 aliphatic heterocycles. The normalized spacial score (nSPS) is 12.6. The zero-order chi connectivity index (χ0) is 9.14. The predicted molar refractivity (Wildman–Crippen MR) is 47.2 cm³/mol. The molecule has 0 aliphatic rings. The third-order valence-corrected chi connectivity index (χ3v) is 1.61. The summed E-state index contributed by atoms with van der Waals surface area (Å²) in [6, 6.07) is 1.05. The average Bonchev–Trinajstić information content (AvgIpc) is 2.03. The fourth-order valence-electron chi connectivity index (χ4n) is 0.810. The highest BCUT2D eigenvalue weighted by atomic mass is 35.5. The Labute approximate surface area is 75.6 Å². The van der Waals surface area contributed by atoms with E-state index >= 15 is 0 Å². The van der Waals surface area contributed by atoms with Crippen molar-refractivity contribution in [2.24, 2.45) is 5.73 Å². The molecule has 64 valence electrons. The van der Waals surface area contributed by atoms with E-state index in [-0.39, 0.29) is 5.78 Å². The molecule has 0 saturated heterocycles. The Bertz CT molecular complexity index is 299. The van der Waals surface area contributed by atoms with Gasteiger partial charge in [0.1, 0.15) is 0 Å². The number of carbonyl (C=O) groups excluding carboxylic acids is 1. The van der Waals surface area contributed by atoms with E-state index < -0.39 is 6.04 Å². The van der Waals surface area contributed by atoms with Gasteiger partial charge in [-0.3, -0.25) is 9.78 Å². The first-order chi connectivity index (χ1) is 5.61. The molecule has 0 spiro atoms. The van der Waals surface area contributed by atoms with Crippen molar-refractivity contribution in [3.63, 3.8) is 0 Å². The molecule has 1 unspecified atom stereocenters. The Kier molecular flexibility index (Phi) is 2.78. The molecule has 2 N–H and O–H groups in total. The molecular formula is C8H9ClN2O. The van der Waals surface area contributed by atoms with Crippen LogP contribution in [0.25, 0.3) is 0 Å². The second-order valence-corrected chi connectivity index (χ2v) is 2.98. The Balaban J connectivity index is 2.96. The van der Waals surface area contributed by atoms with Gasteiger partial charge in [0.15, 0.2) is 5.78 Å². The summed E-state index contributed by atoms with van der Waals surface area (Å²) >= 11 is 5.64. The Morgan fingerprint density at radius 3 is 2.83 bits per heavy atom. The van der Waals surface area contributed by atoms with Gasteiger partial charge in [0.2, 0.25) is 0 Å². The van der Waals surface area contributed by atoms with Crippen molar-refractivity contribution in [3.05, 3.63) is 29.0 Å². The van der Waals surface area contributed by atoms with E-state index in [9.17, 15) is 4.79 Å². The molecule has 0 bridgehead atoms. The van der Waals surface area contributed by atoms with Crippen molar-refractivity contribution in [3.8, 4) is 0 Å². The van der Waals surface area contributed by atoms with E-state index in [4.69, 9.17) is 17.3 Å². The molecule has 1 rings (SSSR count). The van der Waals surface area contributed by atoms with Crippen LogP contribution in [0.2, 0.25) is 5.02 Å². The molecule has 0 aromatic carbocycles. The van der Waals surface area contributed by atoms with Crippen LogP contribution in [0, 0.1) is 0 Å². The highest BCUT2D eigenvalue weighted by Gasteiger charge is 2.10. The van der Waals surface area contributed by atoms with Gasteiger partial charge in [0.05, 0.1) is 11.1 Å². The van der Waals surface area contributed by atoms with Crippen LogP contribution >= 0.6 is 11.6 Å². The summed E-state index contributed by atoms with van der Waals surface area (Å²) in [5, 5.41) is 0.446. The molecule has 1 aromatic rings. The monoisotopic (exact) mass is 184 g/mol. The summed E-state index contributed by atoms with van der Waals surface area (Å²) < 4.78 is 0. The van der Waals surface area contributed by atoms with Crippen LogP contribution < -0.4 is 5.73 Å². The van der Waals surface area contributed by atoms with Crippen LogP contribution in [0.4, 0.5) is 0 Å². The van der Waals surface area contributed by atoms with Gasteiger partial charge in [-0.15, -0.1) is 0 Å². The SMILES string of the molecule is CC(N)C(=O)c1cncc(Cl)c1. The number of rotatable bonds is 2. The zero-order valence-corrected chi connectivity index (χ0v) is 7.38. The molecule has 1 aromatic heterocycles. The van der Waals surface area contributed by atoms with Crippen molar-refractivity contribution in [2.75, 3.05) is 0 Å². The van der Waals surface area contributed by atoms with Crippen LogP contribution in [-0.2, 0) is 0 Å². The van der Waals surface area contributed by atoms with Crippen LogP contribution in [0.1, 0.15) is 17.3 Å². The first-order valence-electron chi connectivity index (χ1n) is 3.51. The number of pyridine rings is 1. The average molecular weight is 185 g/mol. The molecule has 3 nitrogen and oxygen atoms in total. The number of hydrogen-bond acceptors (Lipinski definition) is 3. The fourth-order valence-corrected chi connectivity index (χ4v) is 0.983. The third kappa shape index (κ3) is 2.03. The van der Waals surface area contributed by atoms with Gasteiger partial charge in [-0.05, 0) is 13.0 Å². The highest BCUT2D eigenvalue weighted by molar-refractivity contribution is 6.30. The fraction of sp³-hybridized carbons (Fsp3) is 0.250. The summed E-state index contributed by atoms with van der Waals surface area (Å²) in [5.41, 5.74) is 5.85. The molecule has 0 amide bonds.